The number of hydrogen-bond donors (Lipinski definition) is 1. The molecule has 0 bridgehead atoms. The van der Waals surface area contributed by atoms with E-state index in [1.807, 2.05) is 6.07 Å². The van der Waals surface area contributed by atoms with E-state index < -0.39 is 0 Å². The van der Waals surface area contributed by atoms with Crippen LogP contribution in [0, 0.1) is 5.92 Å². The SMILES string of the molecule is CC(C)Cn1nc(CNC2CCCC2)ccc1=O. The highest BCUT2D eigenvalue weighted by molar-refractivity contribution is 5.00. The minimum atomic E-state index is -0.00619. The second-order valence-electron chi connectivity index (χ2n) is 5.60. The summed E-state index contributed by atoms with van der Waals surface area (Å²) in [6.07, 6.45) is 5.20. The molecule has 1 aromatic heterocycles. The molecule has 1 fully saturated rings. The summed E-state index contributed by atoms with van der Waals surface area (Å²) < 4.78 is 1.58. The Labute approximate surface area is 108 Å². The molecule has 1 saturated carbocycles. The van der Waals surface area contributed by atoms with Crippen molar-refractivity contribution in [1.29, 1.82) is 0 Å². The van der Waals surface area contributed by atoms with Crippen LogP contribution in [0.3, 0.4) is 0 Å². The molecule has 0 amide bonds. The highest BCUT2D eigenvalue weighted by Crippen LogP contribution is 2.17. The summed E-state index contributed by atoms with van der Waals surface area (Å²) in [4.78, 5) is 11.6. The second kappa shape index (κ2) is 6.14. The van der Waals surface area contributed by atoms with E-state index in [0.717, 1.165) is 12.2 Å². The van der Waals surface area contributed by atoms with Crippen molar-refractivity contribution in [2.45, 2.75) is 58.7 Å². The van der Waals surface area contributed by atoms with Crippen molar-refractivity contribution in [1.82, 2.24) is 15.1 Å². The number of nitrogens with zero attached hydrogens (tertiary/aromatic N) is 2. The van der Waals surface area contributed by atoms with E-state index in [0.29, 0.717) is 18.5 Å². The topological polar surface area (TPSA) is 46.9 Å². The Bertz CT molecular complexity index is 433. The molecular formula is C14H23N3O. The van der Waals surface area contributed by atoms with E-state index in [1.54, 1.807) is 10.7 Å². The zero-order chi connectivity index (χ0) is 13.0. The number of aromatic nitrogens is 2. The summed E-state index contributed by atoms with van der Waals surface area (Å²) in [5.41, 5.74) is 0.954. The maximum absolute atomic E-state index is 11.6. The molecule has 0 aromatic carbocycles. The Morgan fingerprint density at radius 2 is 2.11 bits per heavy atom. The van der Waals surface area contributed by atoms with Gasteiger partial charge in [0, 0.05) is 25.2 Å². The normalized spacial score (nSPS) is 16.6. The smallest absolute Gasteiger partial charge is 0.266 e. The van der Waals surface area contributed by atoms with E-state index in [1.165, 1.54) is 25.7 Å². The van der Waals surface area contributed by atoms with Gasteiger partial charge in [-0.1, -0.05) is 26.7 Å². The Morgan fingerprint density at radius 1 is 1.39 bits per heavy atom. The molecule has 4 nitrogen and oxygen atoms in total. The highest BCUT2D eigenvalue weighted by Gasteiger charge is 2.14. The number of hydrogen-bond acceptors (Lipinski definition) is 3. The fraction of sp³-hybridized carbons (Fsp3) is 0.714. The van der Waals surface area contributed by atoms with Crippen molar-refractivity contribution in [2.75, 3.05) is 0 Å². The van der Waals surface area contributed by atoms with E-state index in [4.69, 9.17) is 0 Å². The molecule has 0 aliphatic heterocycles. The molecule has 0 spiro atoms. The number of rotatable bonds is 5. The quantitative estimate of drug-likeness (QED) is 0.867. The second-order valence-corrected chi connectivity index (χ2v) is 5.60. The lowest BCUT2D eigenvalue weighted by Crippen LogP contribution is -2.29. The van der Waals surface area contributed by atoms with Crippen LogP contribution in [0.1, 0.15) is 45.2 Å². The number of nitrogens with one attached hydrogen (secondary N) is 1. The minimum absolute atomic E-state index is 0.00619. The van der Waals surface area contributed by atoms with Crippen molar-refractivity contribution in [3.8, 4) is 0 Å². The molecule has 0 saturated heterocycles. The van der Waals surface area contributed by atoms with Crippen molar-refractivity contribution >= 4 is 0 Å². The predicted octanol–water partition coefficient (Wildman–Crippen LogP) is 1.93. The van der Waals surface area contributed by atoms with Gasteiger partial charge in [-0.05, 0) is 24.8 Å². The molecule has 1 aliphatic carbocycles. The van der Waals surface area contributed by atoms with Crippen LogP contribution < -0.4 is 10.9 Å². The van der Waals surface area contributed by atoms with Gasteiger partial charge in [0.25, 0.3) is 5.56 Å². The summed E-state index contributed by atoms with van der Waals surface area (Å²) in [7, 11) is 0. The molecule has 100 valence electrons. The first-order valence-electron chi connectivity index (χ1n) is 6.95. The van der Waals surface area contributed by atoms with Crippen molar-refractivity contribution < 1.29 is 0 Å². The average molecular weight is 249 g/mol. The Kier molecular flexibility index (Phi) is 4.53. The Hall–Kier alpha value is -1.16. The minimum Gasteiger partial charge on any atom is -0.308 e. The summed E-state index contributed by atoms with van der Waals surface area (Å²) in [5.74, 6) is 0.438. The largest absolute Gasteiger partial charge is 0.308 e. The molecule has 4 heteroatoms. The van der Waals surface area contributed by atoms with Gasteiger partial charge in [0.05, 0.1) is 5.69 Å². The third-order valence-corrected chi connectivity index (χ3v) is 3.39. The van der Waals surface area contributed by atoms with Crippen molar-refractivity contribution in [3.05, 3.63) is 28.2 Å². The first-order valence-corrected chi connectivity index (χ1v) is 6.95. The van der Waals surface area contributed by atoms with E-state index in [-0.39, 0.29) is 5.56 Å². The Morgan fingerprint density at radius 3 is 2.78 bits per heavy atom. The first kappa shape index (κ1) is 13.3. The van der Waals surface area contributed by atoms with Crippen molar-refractivity contribution in [2.24, 2.45) is 5.92 Å². The molecule has 18 heavy (non-hydrogen) atoms. The van der Waals surface area contributed by atoms with E-state index in [9.17, 15) is 4.79 Å². The van der Waals surface area contributed by atoms with Crippen LogP contribution in [-0.2, 0) is 13.1 Å². The molecule has 1 N–H and O–H groups in total. The molecule has 2 rings (SSSR count). The molecule has 0 atom stereocenters. The van der Waals surface area contributed by atoms with Gasteiger partial charge < -0.3 is 5.32 Å². The monoisotopic (exact) mass is 249 g/mol. The van der Waals surface area contributed by atoms with Crippen LogP contribution in [0.25, 0.3) is 0 Å². The fourth-order valence-electron chi connectivity index (χ4n) is 2.44. The van der Waals surface area contributed by atoms with Crippen LogP contribution in [0.15, 0.2) is 16.9 Å². The molecule has 1 aromatic rings. The molecule has 1 heterocycles. The van der Waals surface area contributed by atoms with Crippen LogP contribution >= 0.6 is 0 Å². The third-order valence-electron chi connectivity index (χ3n) is 3.39. The fourth-order valence-corrected chi connectivity index (χ4v) is 2.44. The summed E-state index contributed by atoms with van der Waals surface area (Å²) >= 11 is 0. The molecule has 1 aliphatic rings. The molecule has 0 unspecified atom stereocenters. The van der Waals surface area contributed by atoms with Crippen LogP contribution in [0.4, 0.5) is 0 Å². The summed E-state index contributed by atoms with van der Waals surface area (Å²) in [6.45, 7) is 5.65. The summed E-state index contributed by atoms with van der Waals surface area (Å²) in [5, 5.41) is 7.94. The lowest BCUT2D eigenvalue weighted by Gasteiger charge is -2.13. The van der Waals surface area contributed by atoms with Gasteiger partial charge in [0.1, 0.15) is 0 Å². The average Bonchev–Trinajstić information content (AvgIpc) is 2.82. The van der Waals surface area contributed by atoms with Gasteiger partial charge in [-0.15, -0.1) is 0 Å². The van der Waals surface area contributed by atoms with Gasteiger partial charge in [-0.3, -0.25) is 4.79 Å². The first-order chi connectivity index (χ1) is 8.65. The van der Waals surface area contributed by atoms with Crippen LogP contribution in [0.5, 0.6) is 0 Å². The van der Waals surface area contributed by atoms with Gasteiger partial charge in [0.15, 0.2) is 0 Å². The standard InChI is InChI=1S/C14H23N3O/c1-11(2)10-17-14(18)8-7-13(16-17)9-15-12-5-3-4-6-12/h7-8,11-12,15H,3-6,9-10H2,1-2H3. The highest BCUT2D eigenvalue weighted by atomic mass is 16.1. The van der Waals surface area contributed by atoms with Gasteiger partial charge in [0.2, 0.25) is 0 Å². The molecular weight excluding hydrogens is 226 g/mol. The lowest BCUT2D eigenvalue weighted by molar-refractivity contribution is 0.448. The van der Waals surface area contributed by atoms with E-state index >= 15 is 0 Å². The third kappa shape index (κ3) is 3.67. The van der Waals surface area contributed by atoms with Gasteiger partial charge in [-0.2, -0.15) is 5.10 Å². The maximum atomic E-state index is 11.6. The summed E-state index contributed by atoms with van der Waals surface area (Å²) in [6, 6.07) is 4.10. The predicted molar refractivity (Wildman–Crippen MR) is 72.4 cm³/mol. The van der Waals surface area contributed by atoms with Gasteiger partial charge in [-0.25, -0.2) is 4.68 Å². The maximum Gasteiger partial charge on any atom is 0.266 e. The lowest BCUT2D eigenvalue weighted by atomic mass is 10.2. The zero-order valence-corrected chi connectivity index (χ0v) is 11.4. The molecule has 0 radical (unpaired) electrons. The Balaban J connectivity index is 1.97. The van der Waals surface area contributed by atoms with Crippen LogP contribution in [-0.4, -0.2) is 15.8 Å². The van der Waals surface area contributed by atoms with E-state index in [2.05, 4.69) is 24.3 Å². The van der Waals surface area contributed by atoms with Gasteiger partial charge >= 0.3 is 0 Å². The van der Waals surface area contributed by atoms with Crippen LogP contribution in [0.2, 0.25) is 0 Å². The van der Waals surface area contributed by atoms with Crippen molar-refractivity contribution in [3.63, 3.8) is 0 Å². The zero-order valence-electron chi connectivity index (χ0n) is 11.4.